The van der Waals surface area contributed by atoms with Crippen molar-refractivity contribution in [2.24, 2.45) is 5.73 Å². The molecule has 1 heterocycles. The molecular weight excluding hydrogens is 218 g/mol. The van der Waals surface area contributed by atoms with Gasteiger partial charge in [-0.2, -0.15) is 0 Å². The van der Waals surface area contributed by atoms with E-state index in [-0.39, 0.29) is 17.9 Å². The van der Waals surface area contributed by atoms with Crippen LogP contribution in [-0.2, 0) is 9.59 Å². The Bertz CT molecular complexity index is 260. The third-order valence-corrected chi connectivity index (χ3v) is 3.16. The van der Waals surface area contributed by atoms with Gasteiger partial charge in [-0.1, -0.05) is 0 Å². The molecule has 1 aliphatic heterocycles. The average molecular weight is 241 g/mol. The summed E-state index contributed by atoms with van der Waals surface area (Å²) in [6.45, 7) is 3.74. The van der Waals surface area contributed by atoms with Crippen molar-refractivity contribution in [2.45, 2.75) is 45.1 Å². The predicted molar refractivity (Wildman–Crippen MR) is 66.3 cm³/mol. The van der Waals surface area contributed by atoms with Crippen molar-refractivity contribution in [1.82, 2.24) is 10.2 Å². The molecule has 0 aromatic heterocycles. The van der Waals surface area contributed by atoms with Crippen LogP contribution in [0.2, 0.25) is 0 Å². The minimum Gasteiger partial charge on any atom is -0.353 e. The second kappa shape index (κ2) is 7.27. The summed E-state index contributed by atoms with van der Waals surface area (Å²) in [5.41, 5.74) is 5.37. The van der Waals surface area contributed by atoms with Crippen LogP contribution in [0.5, 0.6) is 0 Å². The fourth-order valence-electron chi connectivity index (χ4n) is 2.07. The van der Waals surface area contributed by atoms with E-state index in [1.165, 1.54) is 0 Å². The molecular formula is C12H23N3O2. The van der Waals surface area contributed by atoms with Crippen LogP contribution in [-0.4, -0.2) is 42.4 Å². The number of nitrogens with one attached hydrogen (secondary N) is 1. The van der Waals surface area contributed by atoms with E-state index in [1.807, 2.05) is 4.90 Å². The van der Waals surface area contributed by atoms with Crippen LogP contribution in [0.25, 0.3) is 0 Å². The molecule has 1 aliphatic rings. The molecule has 0 radical (unpaired) electrons. The number of amides is 2. The van der Waals surface area contributed by atoms with Gasteiger partial charge in [0.1, 0.15) is 0 Å². The molecule has 0 bridgehead atoms. The minimum atomic E-state index is 0.111. The Hall–Kier alpha value is -1.10. The zero-order valence-corrected chi connectivity index (χ0v) is 10.6. The number of hydrogen-bond donors (Lipinski definition) is 2. The van der Waals surface area contributed by atoms with Gasteiger partial charge in [0.25, 0.3) is 0 Å². The van der Waals surface area contributed by atoms with E-state index >= 15 is 0 Å². The van der Waals surface area contributed by atoms with Crippen LogP contribution in [0.4, 0.5) is 0 Å². The van der Waals surface area contributed by atoms with Gasteiger partial charge in [0.2, 0.25) is 11.8 Å². The molecule has 0 spiro atoms. The SMILES string of the molecule is CC(=O)N1CCC(NC(=O)CCCCN)CC1. The molecule has 0 aromatic rings. The van der Waals surface area contributed by atoms with E-state index in [9.17, 15) is 9.59 Å². The highest BCUT2D eigenvalue weighted by Gasteiger charge is 2.21. The Morgan fingerprint density at radius 1 is 1.29 bits per heavy atom. The molecule has 1 fully saturated rings. The molecule has 0 saturated carbocycles. The fraction of sp³-hybridized carbons (Fsp3) is 0.833. The number of hydrogen-bond acceptors (Lipinski definition) is 3. The number of nitrogens with zero attached hydrogens (tertiary/aromatic N) is 1. The van der Waals surface area contributed by atoms with Crippen LogP contribution in [0.3, 0.4) is 0 Å². The molecule has 2 amide bonds. The lowest BCUT2D eigenvalue weighted by Crippen LogP contribution is -2.45. The molecule has 1 rings (SSSR count). The van der Waals surface area contributed by atoms with Crippen molar-refractivity contribution in [1.29, 1.82) is 0 Å². The van der Waals surface area contributed by atoms with Crippen molar-refractivity contribution in [3.63, 3.8) is 0 Å². The molecule has 98 valence electrons. The number of likely N-dealkylation sites (tertiary alicyclic amines) is 1. The maximum absolute atomic E-state index is 11.6. The second-order valence-electron chi connectivity index (χ2n) is 4.59. The summed E-state index contributed by atoms with van der Waals surface area (Å²) < 4.78 is 0. The van der Waals surface area contributed by atoms with E-state index < -0.39 is 0 Å². The van der Waals surface area contributed by atoms with Crippen LogP contribution in [0, 0.1) is 0 Å². The van der Waals surface area contributed by atoms with Crippen molar-refractivity contribution in [2.75, 3.05) is 19.6 Å². The Balaban J connectivity index is 2.17. The quantitative estimate of drug-likeness (QED) is 0.677. The van der Waals surface area contributed by atoms with Gasteiger partial charge in [-0.15, -0.1) is 0 Å². The summed E-state index contributed by atoms with van der Waals surface area (Å²) in [4.78, 5) is 24.5. The van der Waals surface area contributed by atoms with Gasteiger partial charge in [0.05, 0.1) is 0 Å². The van der Waals surface area contributed by atoms with Crippen LogP contribution < -0.4 is 11.1 Å². The van der Waals surface area contributed by atoms with Crippen LogP contribution in [0.15, 0.2) is 0 Å². The maximum atomic E-state index is 11.6. The van der Waals surface area contributed by atoms with E-state index in [2.05, 4.69) is 5.32 Å². The molecule has 5 heteroatoms. The van der Waals surface area contributed by atoms with E-state index in [1.54, 1.807) is 6.92 Å². The standard InChI is InChI=1S/C12H23N3O2/c1-10(16)15-8-5-11(6-9-15)14-12(17)4-2-3-7-13/h11H,2-9,13H2,1H3,(H,14,17). The monoisotopic (exact) mass is 241 g/mol. The second-order valence-corrected chi connectivity index (χ2v) is 4.59. The topological polar surface area (TPSA) is 75.4 Å². The Morgan fingerprint density at radius 3 is 2.47 bits per heavy atom. The fourth-order valence-corrected chi connectivity index (χ4v) is 2.07. The van der Waals surface area contributed by atoms with Gasteiger partial charge in [0, 0.05) is 32.5 Å². The number of rotatable bonds is 5. The summed E-state index contributed by atoms with van der Waals surface area (Å²) in [7, 11) is 0. The molecule has 0 aliphatic carbocycles. The summed E-state index contributed by atoms with van der Waals surface area (Å²) >= 11 is 0. The van der Waals surface area contributed by atoms with Gasteiger partial charge in [-0.05, 0) is 32.2 Å². The third kappa shape index (κ3) is 5.17. The van der Waals surface area contributed by atoms with Crippen LogP contribution >= 0.6 is 0 Å². The highest BCUT2D eigenvalue weighted by molar-refractivity contribution is 5.76. The number of carbonyl (C=O) groups excluding carboxylic acids is 2. The summed E-state index contributed by atoms with van der Waals surface area (Å²) in [5.74, 6) is 0.234. The number of unbranched alkanes of at least 4 members (excludes halogenated alkanes) is 1. The first-order valence-electron chi connectivity index (χ1n) is 6.38. The summed E-state index contributed by atoms with van der Waals surface area (Å²) in [5, 5.41) is 3.02. The molecule has 0 atom stereocenters. The predicted octanol–water partition coefficient (Wildman–Crippen LogP) is 0.243. The summed E-state index contributed by atoms with van der Waals surface area (Å²) in [6, 6.07) is 0.232. The molecule has 17 heavy (non-hydrogen) atoms. The first kappa shape index (κ1) is 14.0. The van der Waals surface area contributed by atoms with E-state index in [0.29, 0.717) is 13.0 Å². The summed E-state index contributed by atoms with van der Waals surface area (Å²) in [6.07, 6.45) is 4.04. The first-order chi connectivity index (χ1) is 8.13. The number of nitrogens with two attached hydrogens (primary N) is 1. The highest BCUT2D eigenvalue weighted by atomic mass is 16.2. The van der Waals surface area contributed by atoms with Gasteiger partial charge >= 0.3 is 0 Å². The number of piperidine rings is 1. The van der Waals surface area contributed by atoms with Gasteiger partial charge < -0.3 is 16.0 Å². The van der Waals surface area contributed by atoms with Crippen molar-refractivity contribution in [3.8, 4) is 0 Å². The first-order valence-corrected chi connectivity index (χ1v) is 6.38. The smallest absolute Gasteiger partial charge is 0.220 e. The van der Waals surface area contributed by atoms with Crippen molar-refractivity contribution in [3.05, 3.63) is 0 Å². The largest absolute Gasteiger partial charge is 0.353 e. The highest BCUT2D eigenvalue weighted by Crippen LogP contribution is 2.10. The molecule has 3 N–H and O–H groups in total. The van der Waals surface area contributed by atoms with Crippen LogP contribution in [0.1, 0.15) is 39.0 Å². The number of carbonyl (C=O) groups is 2. The third-order valence-electron chi connectivity index (χ3n) is 3.16. The van der Waals surface area contributed by atoms with Gasteiger partial charge in [0.15, 0.2) is 0 Å². The normalized spacial score (nSPS) is 16.9. The molecule has 0 aromatic carbocycles. The van der Waals surface area contributed by atoms with E-state index in [4.69, 9.17) is 5.73 Å². The lowest BCUT2D eigenvalue weighted by molar-refractivity contribution is -0.130. The molecule has 0 unspecified atom stereocenters. The van der Waals surface area contributed by atoms with E-state index in [0.717, 1.165) is 38.8 Å². The Labute approximate surface area is 103 Å². The lowest BCUT2D eigenvalue weighted by Gasteiger charge is -2.31. The minimum absolute atomic E-state index is 0.111. The average Bonchev–Trinajstić information content (AvgIpc) is 2.30. The molecule has 5 nitrogen and oxygen atoms in total. The van der Waals surface area contributed by atoms with Crippen molar-refractivity contribution >= 4 is 11.8 Å². The van der Waals surface area contributed by atoms with Gasteiger partial charge in [-0.25, -0.2) is 0 Å². The van der Waals surface area contributed by atoms with Gasteiger partial charge in [-0.3, -0.25) is 9.59 Å². The zero-order valence-electron chi connectivity index (χ0n) is 10.6. The van der Waals surface area contributed by atoms with Crippen molar-refractivity contribution < 1.29 is 9.59 Å². The Morgan fingerprint density at radius 2 is 1.94 bits per heavy atom. The maximum Gasteiger partial charge on any atom is 0.220 e. The Kier molecular flexibility index (Phi) is 5.97. The molecule has 1 saturated heterocycles. The zero-order chi connectivity index (χ0) is 12.7. The lowest BCUT2D eigenvalue weighted by atomic mass is 10.0.